The van der Waals surface area contributed by atoms with Crippen LogP contribution in [0, 0.1) is 6.92 Å². The summed E-state index contributed by atoms with van der Waals surface area (Å²) in [7, 11) is 0. The minimum atomic E-state index is -0.0526. The van der Waals surface area contributed by atoms with E-state index in [-0.39, 0.29) is 5.56 Å². The van der Waals surface area contributed by atoms with Crippen molar-refractivity contribution in [2.75, 3.05) is 0 Å². The van der Waals surface area contributed by atoms with E-state index in [4.69, 9.17) is 0 Å². The Morgan fingerprint density at radius 3 is 3.00 bits per heavy atom. The molecule has 4 aromatic rings. The predicted molar refractivity (Wildman–Crippen MR) is 102 cm³/mol. The molecule has 0 aliphatic rings. The maximum atomic E-state index is 12.7. The third kappa shape index (κ3) is 2.85. The van der Waals surface area contributed by atoms with E-state index < -0.39 is 0 Å². The quantitative estimate of drug-likeness (QED) is 0.310. The standard InChI is InChI=1S/C18H14N4OS2/c1-3-7-22-17(23)12-6-8-24-16(12)21-18(22)25-15-13-9-11(2)4-5-14(13)19-10-20-15/h3-6,8-10H,1,7H2,2H3. The molecule has 3 aromatic heterocycles. The molecule has 3 heterocycles. The van der Waals surface area contributed by atoms with E-state index in [2.05, 4.69) is 27.6 Å². The van der Waals surface area contributed by atoms with Crippen LogP contribution in [-0.4, -0.2) is 19.5 Å². The van der Waals surface area contributed by atoms with Crippen molar-refractivity contribution in [2.24, 2.45) is 0 Å². The highest BCUT2D eigenvalue weighted by atomic mass is 32.2. The molecule has 0 bridgehead atoms. The zero-order chi connectivity index (χ0) is 17.4. The molecule has 124 valence electrons. The van der Waals surface area contributed by atoms with Crippen molar-refractivity contribution in [3.05, 3.63) is 64.5 Å². The van der Waals surface area contributed by atoms with Gasteiger partial charge in [0, 0.05) is 11.9 Å². The number of aryl methyl sites for hydroxylation is 1. The Morgan fingerprint density at radius 1 is 1.28 bits per heavy atom. The minimum Gasteiger partial charge on any atom is -0.283 e. The molecule has 25 heavy (non-hydrogen) atoms. The molecule has 0 spiro atoms. The Labute approximate surface area is 152 Å². The van der Waals surface area contributed by atoms with Crippen LogP contribution < -0.4 is 5.56 Å². The zero-order valence-corrected chi connectivity index (χ0v) is 15.1. The highest BCUT2D eigenvalue weighted by Gasteiger charge is 2.15. The molecule has 0 atom stereocenters. The van der Waals surface area contributed by atoms with Gasteiger partial charge in [-0.25, -0.2) is 15.0 Å². The van der Waals surface area contributed by atoms with Crippen LogP contribution in [0.4, 0.5) is 0 Å². The van der Waals surface area contributed by atoms with E-state index in [0.29, 0.717) is 17.1 Å². The van der Waals surface area contributed by atoms with Gasteiger partial charge in [0.05, 0.1) is 10.9 Å². The molecular weight excluding hydrogens is 352 g/mol. The first-order chi connectivity index (χ1) is 12.2. The van der Waals surface area contributed by atoms with Crippen molar-refractivity contribution < 1.29 is 0 Å². The maximum absolute atomic E-state index is 12.7. The van der Waals surface area contributed by atoms with Gasteiger partial charge >= 0.3 is 0 Å². The molecule has 0 fully saturated rings. The number of fused-ring (bicyclic) bond motifs is 2. The molecule has 0 radical (unpaired) electrons. The van der Waals surface area contributed by atoms with Gasteiger partial charge in [-0.1, -0.05) is 17.7 Å². The highest BCUT2D eigenvalue weighted by molar-refractivity contribution is 7.99. The van der Waals surface area contributed by atoms with Gasteiger partial charge in [-0.05, 0) is 42.3 Å². The van der Waals surface area contributed by atoms with Crippen LogP contribution in [0.5, 0.6) is 0 Å². The average Bonchev–Trinajstić information content (AvgIpc) is 3.07. The van der Waals surface area contributed by atoms with Crippen molar-refractivity contribution in [1.82, 2.24) is 19.5 Å². The molecular formula is C18H14N4OS2. The fourth-order valence-electron chi connectivity index (χ4n) is 2.61. The first-order valence-corrected chi connectivity index (χ1v) is 9.35. The Morgan fingerprint density at radius 2 is 2.16 bits per heavy atom. The van der Waals surface area contributed by atoms with Crippen molar-refractivity contribution in [2.45, 2.75) is 23.7 Å². The average molecular weight is 366 g/mol. The molecule has 1 aromatic carbocycles. The summed E-state index contributed by atoms with van der Waals surface area (Å²) in [5.74, 6) is 0. The SMILES string of the molecule is C=CCn1c(Sc2ncnc3ccc(C)cc23)nc2sccc2c1=O. The smallest absolute Gasteiger partial charge is 0.263 e. The van der Waals surface area contributed by atoms with Crippen LogP contribution in [-0.2, 0) is 6.54 Å². The largest absolute Gasteiger partial charge is 0.283 e. The molecule has 0 aliphatic heterocycles. The molecule has 4 rings (SSSR count). The number of hydrogen-bond acceptors (Lipinski definition) is 6. The summed E-state index contributed by atoms with van der Waals surface area (Å²) >= 11 is 2.85. The van der Waals surface area contributed by atoms with Gasteiger partial charge in [0.1, 0.15) is 16.2 Å². The summed E-state index contributed by atoms with van der Waals surface area (Å²) in [5.41, 5.74) is 1.95. The van der Waals surface area contributed by atoms with Crippen LogP contribution in [0.3, 0.4) is 0 Å². The molecule has 0 N–H and O–H groups in total. The number of thiophene rings is 1. The van der Waals surface area contributed by atoms with Gasteiger partial charge in [0.15, 0.2) is 5.16 Å². The summed E-state index contributed by atoms with van der Waals surface area (Å²) in [6.07, 6.45) is 3.24. The van der Waals surface area contributed by atoms with Crippen LogP contribution >= 0.6 is 23.1 Å². The fourth-order valence-corrected chi connectivity index (χ4v) is 4.38. The van der Waals surface area contributed by atoms with Gasteiger partial charge in [0.2, 0.25) is 0 Å². The van der Waals surface area contributed by atoms with E-state index >= 15 is 0 Å². The van der Waals surface area contributed by atoms with Gasteiger partial charge < -0.3 is 0 Å². The number of rotatable bonds is 4. The molecule has 7 heteroatoms. The molecule has 0 amide bonds. The lowest BCUT2D eigenvalue weighted by atomic mass is 10.2. The Hall–Kier alpha value is -2.51. The van der Waals surface area contributed by atoms with Crippen molar-refractivity contribution >= 4 is 44.2 Å². The number of nitrogens with zero attached hydrogens (tertiary/aromatic N) is 4. The summed E-state index contributed by atoms with van der Waals surface area (Å²) in [5, 5.41) is 4.88. The van der Waals surface area contributed by atoms with Crippen LogP contribution in [0.2, 0.25) is 0 Å². The number of benzene rings is 1. The number of allylic oxidation sites excluding steroid dienone is 1. The van der Waals surface area contributed by atoms with Crippen molar-refractivity contribution in [3.63, 3.8) is 0 Å². The fraction of sp³-hybridized carbons (Fsp3) is 0.111. The summed E-state index contributed by atoms with van der Waals surface area (Å²) in [6, 6.07) is 7.86. The number of hydrogen-bond donors (Lipinski definition) is 0. The van der Waals surface area contributed by atoms with E-state index in [1.165, 1.54) is 23.1 Å². The van der Waals surface area contributed by atoms with E-state index in [0.717, 1.165) is 26.3 Å². The minimum absolute atomic E-state index is 0.0526. The lowest BCUT2D eigenvalue weighted by molar-refractivity contribution is 0.672. The molecule has 5 nitrogen and oxygen atoms in total. The zero-order valence-electron chi connectivity index (χ0n) is 13.5. The van der Waals surface area contributed by atoms with Crippen LogP contribution in [0.25, 0.3) is 21.1 Å². The first-order valence-electron chi connectivity index (χ1n) is 7.65. The van der Waals surface area contributed by atoms with Gasteiger partial charge in [-0.15, -0.1) is 17.9 Å². The van der Waals surface area contributed by atoms with E-state index in [9.17, 15) is 4.79 Å². The normalized spacial score (nSPS) is 11.2. The van der Waals surface area contributed by atoms with Gasteiger partial charge in [-0.3, -0.25) is 9.36 Å². The Balaban J connectivity index is 1.91. The topological polar surface area (TPSA) is 60.7 Å². The molecule has 0 saturated heterocycles. The van der Waals surface area contributed by atoms with E-state index in [1.54, 1.807) is 17.0 Å². The summed E-state index contributed by atoms with van der Waals surface area (Å²) < 4.78 is 1.64. The van der Waals surface area contributed by atoms with Crippen LogP contribution in [0.15, 0.2) is 63.6 Å². The first kappa shape index (κ1) is 16.0. The highest BCUT2D eigenvalue weighted by Crippen LogP contribution is 2.31. The summed E-state index contributed by atoms with van der Waals surface area (Å²) in [4.78, 5) is 26.9. The maximum Gasteiger partial charge on any atom is 0.263 e. The molecule has 0 aliphatic carbocycles. The Kier molecular flexibility index (Phi) is 4.10. The second-order valence-electron chi connectivity index (χ2n) is 5.54. The molecule has 0 unspecified atom stereocenters. The second-order valence-corrected chi connectivity index (χ2v) is 7.39. The third-order valence-electron chi connectivity index (χ3n) is 3.80. The van der Waals surface area contributed by atoms with Crippen molar-refractivity contribution in [1.29, 1.82) is 0 Å². The predicted octanol–water partition coefficient (Wildman–Crippen LogP) is 4.05. The van der Waals surface area contributed by atoms with E-state index in [1.807, 2.05) is 30.5 Å². The lowest BCUT2D eigenvalue weighted by Gasteiger charge is -2.10. The monoisotopic (exact) mass is 366 g/mol. The third-order valence-corrected chi connectivity index (χ3v) is 5.62. The van der Waals surface area contributed by atoms with Crippen molar-refractivity contribution in [3.8, 4) is 0 Å². The van der Waals surface area contributed by atoms with Gasteiger partial charge in [-0.2, -0.15) is 0 Å². The second kappa shape index (κ2) is 6.42. The van der Waals surface area contributed by atoms with Crippen LogP contribution in [0.1, 0.15) is 5.56 Å². The summed E-state index contributed by atoms with van der Waals surface area (Å²) in [6.45, 7) is 6.19. The van der Waals surface area contributed by atoms with Gasteiger partial charge in [0.25, 0.3) is 5.56 Å². The molecule has 0 saturated carbocycles. The Bertz CT molecular complexity index is 1160. The number of aromatic nitrogens is 4. The lowest BCUT2D eigenvalue weighted by Crippen LogP contribution is -2.22.